The molecule has 14 heavy (non-hydrogen) atoms. The van der Waals surface area contributed by atoms with Crippen LogP contribution in [0.25, 0.3) is 0 Å². The summed E-state index contributed by atoms with van der Waals surface area (Å²) in [5, 5.41) is 2.52. The van der Waals surface area contributed by atoms with Gasteiger partial charge in [0.25, 0.3) is 0 Å². The topological polar surface area (TPSA) is 32.3 Å². The van der Waals surface area contributed by atoms with Crippen molar-refractivity contribution in [1.82, 2.24) is 10.2 Å². The fourth-order valence-corrected chi connectivity index (χ4v) is 1.29. The van der Waals surface area contributed by atoms with Gasteiger partial charge >= 0.3 is 58.4 Å². The number of hydrogen-bond acceptors (Lipinski definition) is 2. The van der Waals surface area contributed by atoms with Gasteiger partial charge < -0.3 is 23.2 Å². The van der Waals surface area contributed by atoms with Gasteiger partial charge in [0.2, 0.25) is 5.91 Å². The predicted molar refractivity (Wildman–Crippen MR) is 43.1 cm³/mol. The summed E-state index contributed by atoms with van der Waals surface area (Å²) in [6.45, 7) is -3.97. The van der Waals surface area contributed by atoms with Crippen LogP contribution in [0.3, 0.4) is 0 Å². The molecule has 0 spiro atoms. The summed E-state index contributed by atoms with van der Waals surface area (Å²) in [4.78, 5) is 12.0. The van der Waals surface area contributed by atoms with Crippen LogP contribution in [0.5, 0.6) is 0 Å². The number of halogens is 3. The van der Waals surface area contributed by atoms with Gasteiger partial charge in [0, 0.05) is 26.1 Å². The number of nitrogens with zero attached hydrogens (tertiary/aromatic N) is 1. The summed E-state index contributed by atoms with van der Waals surface area (Å²) in [6, 6.07) is 0. The van der Waals surface area contributed by atoms with Crippen molar-refractivity contribution in [2.45, 2.75) is 6.42 Å². The predicted octanol–water partition coefficient (Wildman–Crippen LogP) is -2.80. The Morgan fingerprint density at radius 1 is 1.36 bits per heavy atom. The number of hydrogen-bond donors (Lipinski definition) is 1. The van der Waals surface area contributed by atoms with E-state index in [0.29, 0.717) is 6.54 Å². The Morgan fingerprint density at radius 3 is 2.57 bits per heavy atom. The van der Waals surface area contributed by atoms with Crippen molar-refractivity contribution in [2.24, 2.45) is 0 Å². The van der Waals surface area contributed by atoms with Crippen molar-refractivity contribution in [2.75, 3.05) is 26.1 Å². The van der Waals surface area contributed by atoms with E-state index in [1.54, 1.807) is 0 Å². The molecule has 1 amide bonds. The molecule has 0 unspecified atom stereocenters. The van der Waals surface area contributed by atoms with Gasteiger partial charge in [-0.15, -0.1) is 0 Å². The molecule has 0 aromatic rings. The molecule has 1 rings (SSSR count). The van der Waals surface area contributed by atoms with Gasteiger partial charge in [-0.05, 0) is 6.44 Å². The third kappa shape index (κ3) is 6.41. The molecule has 1 heterocycles. The molecular weight excluding hydrogens is 223 g/mol. The Morgan fingerprint density at radius 2 is 2.00 bits per heavy atom. The molecule has 1 saturated heterocycles. The summed E-state index contributed by atoms with van der Waals surface area (Å²) >= 11 is 0. The summed E-state index contributed by atoms with van der Waals surface area (Å²) < 4.78 is 36.0. The van der Waals surface area contributed by atoms with E-state index in [9.17, 15) is 17.7 Å². The summed E-state index contributed by atoms with van der Waals surface area (Å²) in [7, 11) is 0. The third-order valence-corrected chi connectivity index (χ3v) is 1.87. The minimum Gasteiger partial charge on any atom is -0.448 e. The SMILES string of the molecule is O=C1CCN(C[B-](F)(F)F)CCN1.[K+]. The van der Waals surface area contributed by atoms with Crippen LogP contribution < -0.4 is 56.7 Å². The zero-order valence-electron chi connectivity index (χ0n) is 8.10. The first kappa shape index (κ1) is 14.9. The van der Waals surface area contributed by atoms with Crippen molar-refractivity contribution in [3.63, 3.8) is 0 Å². The molecule has 8 heteroatoms. The first-order chi connectivity index (χ1) is 5.97. The fourth-order valence-electron chi connectivity index (χ4n) is 1.29. The minimum atomic E-state index is -4.77. The second kappa shape index (κ2) is 6.49. The molecule has 1 fully saturated rings. The largest absolute Gasteiger partial charge is 1.00 e. The van der Waals surface area contributed by atoms with Crippen molar-refractivity contribution in [3.8, 4) is 0 Å². The number of nitrogens with one attached hydrogen (secondary N) is 1. The van der Waals surface area contributed by atoms with E-state index in [1.807, 2.05) is 0 Å². The molecule has 0 aromatic heterocycles. The maximum absolute atomic E-state index is 12.0. The zero-order chi connectivity index (χ0) is 9.90. The molecule has 0 radical (unpaired) electrons. The molecule has 1 aliphatic heterocycles. The van der Waals surface area contributed by atoms with E-state index in [-0.39, 0.29) is 76.8 Å². The average molecular weight is 234 g/mol. The molecule has 0 aromatic carbocycles. The molecule has 0 aliphatic carbocycles. The van der Waals surface area contributed by atoms with E-state index in [1.165, 1.54) is 4.90 Å². The molecule has 0 atom stereocenters. The van der Waals surface area contributed by atoms with Crippen LogP contribution in [-0.4, -0.2) is 43.9 Å². The number of carbonyl (C=O) groups is 1. The van der Waals surface area contributed by atoms with Crippen LogP contribution in [0.4, 0.5) is 12.9 Å². The minimum absolute atomic E-state index is 0. The standard InChI is InChI=1S/C6H11BF3N2O.K/c8-7(9,10)5-12-3-1-6(13)11-2-4-12;/h1-5H2,(H,11,13);/q-1;+1. The van der Waals surface area contributed by atoms with E-state index >= 15 is 0 Å². The monoisotopic (exact) mass is 234 g/mol. The molecule has 0 saturated carbocycles. The quantitative estimate of drug-likeness (QED) is 0.523. The van der Waals surface area contributed by atoms with Crippen molar-refractivity contribution >= 4 is 12.9 Å². The molecule has 76 valence electrons. The Hall–Kier alpha value is 0.921. The molecule has 1 N–H and O–H groups in total. The fraction of sp³-hybridized carbons (Fsp3) is 0.833. The Kier molecular flexibility index (Phi) is 6.92. The van der Waals surface area contributed by atoms with Gasteiger partial charge in [0.1, 0.15) is 0 Å². The first-order valence-corrected chi connectivity index (χ1v) is 4.17. The molecule has 0 bridgehead atoms. The molecule has 3 nitrogen and oxygen atoms in total. The van der Waals surface area contributed by atoms with Crippen molar-refractivity contribution in [1.29, 1.82) is 0 Å². The number of amides is 1. The van der Waals surface area contributed by atoms with Gasteiger partial charge in [0.05, 0.1) is 0 Å². The van der Waals surface area contributed by atoms with Crippen LogP contribution in [-0.2, 0) is 4.79 Å². The van der Waals surface area contributed by atoms with Gasteiger partial charge in [-0.1, -0.05) is 0 Å². The second-order valence-corrected chi connectivity index (χ2v) is 3.11. The van der Waals surface area contributed by atoms with Crippen LogP contribution in [0.15, 0.2) is 0 Å². The summed E-state index contributed by atoms with van der Waals surface area (Å²) in [5.41, 5.74) is 0. The van der Waals surface area contributed by atoms with Crippen molar-refractivity contribution in [3.05, 3.63) is 0 Å². The van der Waals surface area contributed by atoms with Gasteiger partial charge in [0.15, 0.2) is 0 Å². The number of rotatable bonds is 2. The van der Waals surface area contributed by atoms with Crippen LogP contribution >= 0.6 is 0 Å². The maximum atomic E-state index is 12.0. The Balaban J connectivity index is 0.00000169. The van der Waals surface area contributed by atoms with Gasteiger partial charge in [-0.3, -0.25) is 4.79 Å². The number of carbonyl (C=O) groups excluding carboxylic acids is 1. The van der Waals surface area contributed by atoms with Crippen LogP contribution in [0.1, 0.15) is 6.42 Å². The average Bonchev–Trinajstić information content (AvgIpc) is 2.12. The Labute approximate surface area is 123 Å². The second-order valence-electron chi connectivity index (χ2n) is 3.11. The summed E-state index contributed by atoms with van der Waals surface area (Å²) in [6.07, 6.45) is -0.707. The third-order valence-electron chi connectivity index (χ3n) is 1.87. The zero-order valence-corrected chi connectivity index (χ0v) is 11.2. The normalized spacial score (nSPS) is 19.5. The molecular formula is C6H11BF3KN2O. The smallest absolute Gasteiger partial charge is 0.448 e. The van der Waals surface area contributed by atoms with Gasteiger partial charge in [-0.25, -0.2) is 0 Å². The molecule has 1 aliphatic rings. The van der Waals surface area contributed by atoms with Crippen molar-refractivity contribution < 1.29 is 69.1 Å². The van der Waals surface area contributed by atoms with E-state index in [0.717, 1.165) is 0 Å². The van der Waals surface area contributed by atoms with E-state index in [2.05, 4.69) is 5.32 Å². The van der Waals surface area contributed by atoms with Gasteiger partial charge in [-0.2, -0.15) is 0 Å². The maximum Gasteiger partial charge on any atom is 1.00 e. The van der Waals surface area contributed by atoms with E-state index in [4.69, 9.17) is 0 Å². The summed E-state index contributed by atoms with van der Waals surface area (Å²) in [5.74, 6) is -0.169. The first-order valence-electron chi connectivity index (χ1n) is 4.17. The van der Waals surface area contributed by atoms with E-state index < -0.39 is 13.4 Å². The van der Waals surface area contributed by atoms with Crippen LogP contribution in [0.2, 0.25) is 0 Å². The Bertz CT molecular complexity index is 202. The van der Waals surface area contributed by atoms with Crippen LogP contribution in [0, 0.1) is 0 Å².